The first-order chi connectivity index (χ1) is 14.2. The molecule has 0 saturated carbocycles. The summed E-state index contributed by atoms with van der Waals surface area (Å²) < 4.78 is 7.07. The largest absolute Gasteiger partial charge is 0.448 e. The van der Waals surface area contributed by atoms with Crippen molar-refractivity contribution in [3.8, 4) is 11.4 Å². The van der Waals surface area contributed by atoms with Crippen molar-refractivity contribution in [2.24, 2.45) is 0 Å². The molecule has 29 heavy (non-hydrogen) atoms. The summed E-state index contributed by atoms with van der Waals surface area (Å²) in [5.41, 5.74) is 2.03. The number of hydrogen-bond acceptors (Lipinski definition) is 5. The average molecular weight is 429 g/mol. The lowest BCUT2D eigenvalue weighted by Gasteiger charge is -2.13. The lowest BCUT2D eigenvalue weighted by atomic mass is 10.2. The number of carbonyl (C=O) groups excluding carboxylic acids is 1. The molecule has 2 aromatic carbocycles. The van der Waals surface area contributed by atoms with Crippen LogP contribution in [0.15, 0.2) is 59.8 Å². The van der Waals surface area contributed by atoms with Crippen LogP contribution in [0.5, 0.6) is 0 Å². The van der Waals surface area contributed by atoms with Gasteiger partial charge in [-0.1, -0.05) is 65.8 Å². The van der Waals surface area contributed by atoms with E-state index in [0.29, 0.717) is 31.3 Å². The molecule has 0 atom stereocenters. The number of rotatable bonds is 8. The molecule has 0 bridgehead atoms. The molecule has 2 heterocycles. The monoisotopic (exact) mass is 428 g/mol. The summed E-state index contributed by atoms with van der Waals surface area (Å²) in [4.78, 5) is 13.3. The van der Waals surface area contributed by atoms with Crippen LogP contribution in [0.3, 0.4) is 0 Å². The second-order valence-corrected chi connectivity index (χ2v) is 8.13. The third-order valence-electron chi connectivity index (χ3n) is 4.66. The summed E-state index contributed by atoms with van der Waals surface area (Å²) in [6.45, 7) is 2.51. The molecule has 4 rings (SSSR count). The molecule has 1 aliphatic heterocycles. The Morgan fingerprint density at radius 1 is 1.07 bits per heavy atom. The van der Waals surface area contributed by atoms with Crippen LogP contribution in [-0.4, -0.2) is 51.2 Å². The fraction of sp³-hybridized carbons (Fsp3) is 0.286. The Labute approximate surface area is 178 Å². The van der Waals surface area contributed by atoms with Crippen molar-refractivity contribution >= 4 is 29.5 Å². The third-order valence-corrected chi connectivity index (χ3v) is 6.05. The van der Waals surface area contributed by atoms with Crippen molar-refractivity contribution < 1.29 is 9.53 Å². The van der Waals surface area contributed by atoms with Crippen LogP contribution in [0.1, 0.15) is 12.0 Å². The van der Waals surface area contributed by atoms with Crippen molar-refractivity contribution in [3.05, 3.63) is 65.2 Å². The van der Waals surface area contributed by atoms with Gasteiger partial charge in [-0.3, -0.25) is 4.57 Å². The predicted molar refractivity (Wildman–Crippen MR) is 114 cm³/mol. The Morgan fingerprint density at radius 2 is 1.86 bits per heavy atom. The fourth-order valence-electron chi connectivity index (χ4n) is 3.19. The number of cyclic esters (lactones) is 1. The molecule has 1 saturated heterocycles. The van der Waals surface area contributed by atoms with Gasteiger partial charge in [-0.2, -0.15) is 0 Å². The highest BCUT2D eigenvalue weighted by molar-refractivity contribution is 7.99. The summed E-state index contributed by atoms with van der Waals surface area (Å²) in [6.07, 6.45) is 0.641. The van der Waals surface area contributed by atoms with E-state index in [1.165, 1.54) is 5.56 Å². The minimum atomic E-state index is -0.219. The minimum Gasteiger partial charge on any atom is -0.448 e. The van der Waals surface area contributed by atoms with Crippen LogP contribution in [0.4, 0.5) is 4.79 Å². The minimum absolute atomic E-state index is 0.219. The number of aromatic nitrogens is 3. The van der Waals surface area contributed by atoms with Gasteiger partial charge in [0.2, 0.25) is 0 Å². The molecule has 1 amide bonds. The maximum Gasteiger partial charge on any atom is 0.409 e. The molecule has 3 aromatic rings. The van der Waals surface area contributed by atoms with Gasteiger partial charge in [0.1, 0.15) is 6.61 Å². The Morgan fingerprint density at radius 3 is 2.62 bits per heavy atom. The zero-order valence-electron chi connectivity index (χ0n) is 15.8. The zero-order chi connectivity index (χ0) is 20.1. The number of carbonyl (C=O) groups is 1. The fourth-order valence-corrected chi connectivity index (χ4v) is 4.28. The first-order valence-electron chi connectivity index (χ1n) is 9.49. The molecule has 1 fully saturated rings. The van der Waals surface area contributed by atoms with Crippen LogP contribution in [0.2, 0.25) is 5.02 Å². The van der Waals surface area contributed by atoms with E-state index in [4.69, 9.17) is 16.3 Å². The van der Waals surface area contributed by atoms with Gasteiger partial charge >= 0.3 is 6.09 Å². The summed E-state index contributed by atoms with van der Waals surface area (Å²) in [6, 6.07) is 17.9. The molecular formula is C21H21ClN4O2S. The molecule has 0 N–H and O–H groups in total. The van der Waals surface area contributed by atoms with Crippen LogP contribution in [-0.2, 0) is 11.3 Å². The van der Waals surface area contributed by atoms with Gasteiger partial charge < -0.3 is 9.64 Å². The van der Waals surface area contributed by atoms with Gasteiger partial charge in [-0.15, -0.1) is 10.2 Å². The summed E-state index contributed by atoms with van der Waals surface area (Å²) in [5.74, 6) is 1.59. The number of thioether (sulfide) groups is 1. The normalized spacial score (nSPS) is 13.7. The maximum absolute atomic E-state index is 11.5. The van der Waals surface area contributed by atoms with E-state index in [1.54, 1.807) is 16.7 Å². The maximum atomic E-state index is 11.5. The first-order valence-corrected chi connectivity index (χ1v) is 10.9. The second-order valence-electron chi connectivity index (χ2n) is 6.66. The van der Waals surface area contributed by atoms with Crippen LogP contribution >= 0.6 is 23.4 Å². The number of halogens is 1. The number of benzene rings is 2. The first kappa shape index (κ1) is 19.8. The highest BCUT2D eigenvalue weighted by atomic mass is 35.5. The third kappa shape index (κ3) is 4.74. The summed E-state index contributed by atoms with van der Waals surface area (Å²) >= 11 is 8.06. The number of hydrogen-bond donors (Lipinski definition) is 0. The van der Waals surface area contributed by atoms with E-state index >= 15 is 0 Å². The lowest BCUT2D eigenvalue weighted by Crippen LogP contribution is -2.25. The van der Waals surface area contributed by atoms with E-state index in [-0.39, 0.29) is 6.09 Å². The average Bonchev–Trinajstić information content (AvgIpc) is 3.33. The standard InChI is InChI=1S/C21H21ClN4O2S/c22-18-10-5-4-9-17(18)19-23-24-20(26(19)15-16-7-2-1-3-8-16)29-14-6-11-25-12-13-28-21(25)27/h1-5,7-10H,6,11-15H2. The molecule has 1 aliphatic rings. The molecule has 8 heteroatoms. The highest BCUT2D eigenvalue weighted by Crippen LogP contribution is 2.30. The van der Waals surface area contributed by atoms with Crippen molar-refractivity contribution in [1.82, 2.24) is 19.7 Å². The van der Waals surface area contributed by atoms with Gasteiger partial charge in [0.15, 0.2) is 11.0 Å². The summed E-state index contributed by atoms with van der Waals surface area (Å²) in [5, 5.41) is 10.4. The Hall–Kier alpha value is -2.51. The molecule has 0 unspecified atom stereocenters. The highest BCUT2D eigenvalue weighted by Gasteiger charge is 2.21. The number of amides is 1. The van der Waals surface area contributed by atoms with Crippen molar-refractivity contribution in [2.45, 2.75) is 18.1 Å². The molecule has 0 spiro atoms. The van der Waals surface area contributed by atoms with Gasteiger partial charge in [-0.25, -0.2) is 4.79 Å². The van der Waals surface area contributed by atoms with Gasteiger partial charge in [-0.05, 0) is 24.1 Å². The van der Waals surface area contributed by atoms with Crippen molar-refractivity contribution in [1.29, 1.82) is 0 Å². The van der Waals surface area contributed by atoms with E-state index in [9.17, 15) is 4.79 Å². The van der Waals surface area contributed by atoms with E-state index in [1.807, 2.05) is 42.5 Å². The summed E-state index contributed by atoms with van der Waals surface area (Å²) in [7, 11) is 0. The second kappa shape index (κ2) is 9.33. The molecule has 0 aliphatic carbocycles. The van der Waals surface area contributed by atoms with Crippen molar-refractivity contribution in [2.75, 3.05) is 25.4 Å². The van der Waals surface area contributed by atoms with E-state index < -0.39 is 0 Å². The Bertz CT molecular complexity index is 980. The van der Waals surface area contributed by atoms with Gasteiger partial charge in [0, 0.05) is 17.9 Å². The quantitative estimate of drug-likeness (QED) is 0.388. The van der Waals surface area contributed by atoms with E-state index in [0.717, 1.165) is 28.7 Å². The van der Waals surface area contributed by atoms with Gasteiger partial charge in [0.25, 0.3) is 0 Å². The molecule has 1 aromatic heterocycles. The topological polar surface area (TPSA) is 60.2 Å². The molecule has 150 valence electrons. The molecule has 0 radical (unpaired) electrons. The van der Waals surface area contributed by atoms with Crippen LogP contribution < -0.4 is 0 Å². The molecule has 6 nitrogen and oxygen atoms in total. The van der Waals surface area contributed by atoms with Gasteiger partial charge in [0.05, 0.1) is 18.1 Å². The predicted octanol–water partition coefficient (Wildman–Crippen LogP) is 4.58. The smallest absolute Gasteiger partial charge is 0.409 e. The van der Waals surface area contributed by atoms with Crippen LogP contribution in [0, 0.1) is 0 Å². The number of ether oxygens (including phenoxy) is 1. The number of nitrogens with zero attached hydrogens (tertiary/aromatic N) is 4. The van der Waals surface area contributed by atoms with E-state index in [2.05, 4.69) is 26.9 Å². The SMILES string of the molecule is O=C1OCCN1CCCSc1nnc(-c2ccccc2Cl)n1Cc1ccccc1. The Balaban J connectivity index is 1.51. The zero-order valence-corrected chi connectivity index (χ0v) is 17.4. The Kier molecular flexibility index (Phi) is 6.36. The molecular weight excluding hydrogens is 408 g/mol. The lowest BCUT2D eigenvalue weighted by molar-refractivity contribution is 0.158. The van der Waals surface area contributed by atoms with Crippen LogP contribution in [0.25, 0.3) is 11.4 Å². The van der Waals surface area contributed by atoms with Crippen molar-refractivity contribution in [3.63, 3.8) is 0 Å².